The molecule has 0 aliphatic heterocycles. The van der Waals surface area contributed by atoms with E-state index in [1.807, 2.05) is 0 Å². The Bertz CT molecular complexity index is 236. The highest BCUT2D eigenvalue weighted by Crippen LogP contribution is 2.10. The van der Waals surface area contributed by atoms with Crippen molar-refractivity contribution in [2.75, 3.05) is 0 Å². The van der Waals surface area contributed by atoms with Gasteiger partial charge in [-0.25, -0.2) is 0 Å². The summed E-state index contributed by atoms with van der Waals surface area (Å²) in [6.45, 7) is 2.26. The largest absolute Gasteiger partial charge is 0.281 e. The number of unbranched alkanes of at least 4 members (excludes halogenated alkanes) is 11. The highest BCUT2D eigenvalue weighted by atomic mass is 35.5. The Morgan fingerprint density at radius 2 is 1.20 bits per heavy atom. The molecule has 0 saturated carbocycles. The van der Waals surface area contributed by atoms with Crippen LogP contribution in [0.4, 0.5) is 0 Å². The Morgan fingerprint density at radius 3 is 1.70 bits per heavy atom. The average molecular weight is 301 g/mol. The Hall–Kier alpha value is -0.300. The third-order valence-corrected chi connectivity index (χ3v) is 3.82. The maximum absolute atomic E-state index is 10.5. The second kappa shape index (κ2) is 16.8. The van der Waals surface area contributed by atoms with E-state index in [0.29, 0.717) is 6.42 Å². The molecule has 0 unspecified atom stereocenters. The van der Waals surface area contributed by atoms with Gasteiger partial charge in [-0.15, -0.1) is 0 Å². The van der Waals surface area contributed by atoms with Gasteiger partial charge in [0.1, 0.15) is 0 Å². The van der Waals surface area contributed by atoms with Crippen LogP contribution in [0.15, 0.2) is 12.2 Å². The summed E-state index contributed by atoms with van der Waals surface area (Å²) in [6, 6.07) is 0. The lowest BCUT2D eigenvalue weighted by molar-refractivity contribution is -0.111. The number of hydrogen-bond acceptors (Lipinski definition) is 1. The van der Waals surface area contributed by atoms with Crippen molar-refractivity contribution in [3.8, 4) is 0 Å². The molecule has 0 bridgehead atoms. The molecule has 0 N–H and O–H groups in total. The van der Waals surface area contributed by atoms with Crippen LogP contribution in [0.25, 0.3) is 0 Å². The number of carbonyl (C=O) groups excluding carboxylic acids is 1. The van der Waals surface area contributed by atoms with E-state index in [9.17, 15) is 4.79 Å². The molecule has 0 spiro atoms. The standard InChI is InChI=1S/C18H33ClO/c1-2-3-4-5-6-7-8-9-10-11-12-13-14-15-16-17-18(19)20/h9-10H,2-8,11-17H2,1H3/b10-9+. The lowest BCUT2D eigenvalue weighted by Crippen LogP contribution is -1.86. The first-order valence-electron chi connectivity index (χ1n) is 8.60. The smallest absolute Gasteiger partial charge is 0.221 e. The Balaban J connectivity index is 3.07. The second-order valence-corrected chi connectivity index (χ2v) is 6.11. The van der Waals surface area contributed by atoms with Crippen molar-refractivity contribution in [2.24, 2.45) is 0 Å². The number of allylic oxidation sites excluding steroid dienone is 2. The Kier molecular flexibility index (Phi) is 16.5. The number of rotatable bonds is 15. The zero-order chi connectivity index (χ0) is 14.9. The molecule has 0 amide bonds. The van der Waals surface area contributed by atoms with Gasteiger partial charge in [0.15, 0.2) is 0 Å². The molecule has 2 heteroatoms. The minimum Gasteiger partial charge on any atom is -0.281 e. The topological polar surface area (TPSA) is 17.1 Å². The van der Waals surface area contributed by atoms with Crippen molar-refractivity contribution in [1.82, 2.24) is 0 Å². The maximum Gasteiger partial charge on any atom is 0.221 e. The van der Waals surface area contributed by atoms with Crippen LogP contribution < -0.4 is 0 Å². The molecule has 0 rings (SSSR count). The first-order valence-corrected chi connectivity index (χ1v) is 8.98. The third-order valence-electron chi connectivity index (χ3n) is 3.64. The molecule has 118 valence electrons. The molecule has 1 nitrogen and oxygen atoms in total. The zero-order valence-corrected chi connectivity index (χ0v) is 14.1. The summed E-state index contributed by atoms with van der Waals surface area (Å²) in [4.78, 5) is 10.5. The molecule has 0 aliphatic carbocycles. The minimum atomic E-state index is -0.192. The average Bonchev–Trinajstić information content (AvgIpc) is 2.43. The zero-order valence-electron chi connectivity index (χ0n) is 13.3. The Labute approximate surface area is 131 Å². The maximum atomic E-state index is 10.5. The van der Waals surface area contributed by atoms with Crippen molar-refractivity contribution < 1.29 is 4.79 Å². The summed E-state index contributed by atoms with van der Waals surface area (Å²) in [7, 11) is 0. The van der Waals surface area contributed by atoms with Crippen LogP contribution in [0.3, 0.4) is 0 Å². The molecule has 0 fully saturated rings. The van der Waals surface area contributed by atoms with E-state index in [1.54, 1.807) is 0 Å². The molecule has 0 aromatic rings. The highest BCUT2D eigenvalue weighted by Gasteiger charge is 1.95. The molecule has 0 heterocycles. The van der Waals surface area contributed by atoms with Crippen LogP contribution in [-0.2, 0) is 4.79 Å². The fraction of sp³-hybridized carbons (Fsp3) is 0.833. The first kappa shape index (κ1) is 19.7. The molecule has 0 aromatic carbocycles. The van der Waals surface area contributed by atoms with Crippen molar-refractivity contribution in [1.29, 1.82) is 0 Å². The minimum absolute atomic E-state index is 0.192. The summed E-state index contributed by atoms with van der Waals surface area (Å²) >= 11 is 5.29. The van der Waals surface area contributed by atoms with Gasteiger partial charge in [-0.05, 0) is 43.7 Å². The van der Waals surface area contributed by atoms with E-state index in [-0.39, 0.29) is 5.24 Å². The van der Waals surface area contributed by atoms with Gasteiger partial charge in [0, 0.05) is 6.42 Å². The highest BCUT2D eigenvalue weighted by molar-refractivity contribution is 6.63. The van der Waals surface area contributed by atoms with Gasteiger partial charge >= 0.3 is 0 Å². The van der Waals surface area contributed by atoms with Crippen LogP contribution in [-0.4, -0.2) is 5.24 Å². The summed E-state index contributed by atoms with van der Waals surface area (Å²) in [6.07, 6.45) is 21.9. The summed E-state index contributed by atoms with van der Waals surface area (Å²) in [5.41, 5.74) is 0. The van der Waals surface area contributed by atoms with Crippen molar-refractivity contribution in [2.45, 2.75) is 96.8 Å². The molecule has 0 atom stereocenters. The van der Waals surface area contributed by atoms with Gasteiger partial charge in [-0.1, -0.05) is 70.4 Å². The quantitative estimate of drug-likeness (QED) is 0.185. The van der Waals surface area contributed by atoms with Crippen molar-refractivity contribution in [3.05, 3.63) is 12.2 Å². The molecule has 0 saturated heterocycles. The summed E-state index contributed by atoms with van der Waals surface area (Å²) in [5.74, 6) is 0. The van der Waals surface area contributed by atoms with Crippen LogP contribution in [0.1, 0.15) is 96.8 Å². The number of halogens is 1. The fourth-order valence-electron chi connectivity index (χ4n) is 2.33. The third kappa shape index (κ3) is 17.7. The van der Waals surface area contributed by atoms with Crippen molar-refractivity contribution >= 4 is 16.8 Å². The molecule has 0 aliphatic rings. The lowest BCUT2D eigenvalue weighted by atomic mass is 10.1. The SMILES string of the molecule is CCCCCCCC/C=C/CCCCCCCC(=O)Cl. The first-order chi connectivity index (χ1) is 9.77. The summed E-state index contributed by atoms with van der Waals surface area (Å²) in [5, 5.41) is -0.192. The molecule has 0 radical (unpaired) electrons. The van der Waals surface area contributed by atoms with Crippen LogP contribution >= 0.6 is 11.6 Å². The summed E-state index contributed by atoms with van der Waals surface area (Å²) < 4.78 is 0. The van der Waals surface area contributed by atoms with E-state index >= 15 is 0 Å². The molecule has 20 heavy (non-hydrogen) atoms. The van der Waals surface area contributed by atoms with E-state index in [0.717, 1.165) is 12.8 Å². The van der Waals surface area contributed by atoms with Gasteiger partial charge in [0.25, 0.3) is 0 Å². The van der Waals surface area contributed by atoms with E-state index in [4.69, 9.17) is 11.6 Å². The lowest BCUT2D eigenvalue weighted by Gasteiger charge is -1.99. The number of carbonyl (C=O) groups is 1. The second-order valence-electron chi connectivity index (χ2n) is 5.69. The number of hydrogen-bond donors (Lipinski definition) is 0. The molecular formula is C18H33ClO. The van der Waals surface area contributed by atoms with Crippen LogP contribution in [0.5, 0.6) is 0 Å². The molecule has 0 aromatic heterocycles. The monoisotopic (exact) mass is 300 g/mol. The van der Waals surface area contributed by atoms with Crippen LogP contribution in [0.2, 0.25) is 0 Å². The normalized spacial score (nSPS) is 11.3. The predicted octanol–water partition coefficient (Wildman–Crippen LogP) is 6.79. The van der Waals surface area contributed by atoms with Crippen molar-refractivity contribution in [3.63, 3.8) is 0 Å². The van der Waals surface area contributed by atoms with Gasteiger partial charge in [0.05, 0.1) is 0 Å². The van der Waals surface area contributed by atoms with Gasteiger partial charge in [0.2, 0.25) is 5.24 Å². The van der Waals surface area contributed by atoms with E-state index < -0.39 is 0 Å². The predicted molar refractivity (Wildman–Crippen MR) is 90.3 cm³/mol. The van der Waals surface area contributed by atoms with Gasteiger partial charge in [-0.2, -0.15) is 0 Å². The van der Waals surface area contributed by atoms with E-state index in [1.165, 1.54) is 70.6 Å². The van der Waals surface area contributed by atoms with Crippen LogP contribution in [0, 0.1) is 0 Å². The van der Waals surface area contributed by atoms with Gasteiger partial charge in [-0.3, -0.25) is 4.79 Å². The Morgan fingerprint density at radius 1 is 0.750 bits per heavy atom. The molecular weight excluding hydrogens is 268 g/mol. The van der Waals surface area contributed by atoms with Gasteiger partial charge < -0.3 is 0 Å². The van der Waals surface area contributed by atoms with E-state index in [2.05, 4.69) is 19.1 Å². The fourth-order valence-corrected chi connectivity index (χ4v) is 2.47.